The maximum atomic E-state index is 11.7. The fourth-order valence-corrected chi connectivity index (χ4v) is 7.64. The van der Waals surface area contributed by atoms with Gasteiger partial charge in [-0.15, -0.1) is 11.3 Å². The third-order valence-corrected chi connectivity index (χ3v) is 9.56. The summed E-state index contributed by atoms with van der Waals surface area (Å²) in [6.45, 7) is 0.449. The standard InChI is InChI=1S/C26H28Cl2N2O4S/c27-20-2-1-3-21(28)22(20)23-19(24(34-30-23)14-4-5-14)12-33-18-10-15-6-7-16(11-18)26(15,32)25-29-17(8-9-31)13-35-25/h1-3,13-16,18,31-32H,4-12H2. The van der Waals surface area contributed by atoms with Gasteiger partial charge in [0.15, 0.2) is 0 Å². The van der Waals surface area contributed by atoms with Crippen molar-refractivity contribution in [1.82, 2.24) is 10.1 Å². The maximum Gasteiger partial charge on any atom is 0.145 e. The van der Waals surface area contributed by atoms with Crippen LogP contribution >= 0.6 is 34.5 Å². The Morgan fingerprint density at radius 2 is 1.83 bits per heavy atom. The summed E-state index contributed by atoms with van der Waals surface area (Å²) in [4.78, 5) is 4.67. The highest BCUT2D eigenvalue weighted by atomic mass is 35.5. The zero-order valence-electron chi connectivity index (χ0n) is 19.3. The summed E-state index contributed by atoms with van der Waals surface area (Å²) in [6.07, 6.45) is 6.25. The van der Waals surface area contributed by atoms with Gasteiger partial charge in [0.1, 0.15) is 22.1 Å². The molecule has 2 bridgehead atoms. The van der Waals surface area contributed by atoms with Gasteiger partial charge in [-0.05, 0) is 62.5 Å². The van der Waals surface area contributed by atoms with E-state index >= 15 is 0 Å². The van der Waals surface area contributed by atoms with Crippen LogP contribution in [-0.2, 0) is 23.4 Å². The molecule has 0 spiro atoms. The van der Waals surface area contributed by atoms with Gasteiger partial charge >= 0.3 is 0 Å². The lowest BCUT2D eigenvalue weighted by molar-refractivity contribution is -0.116. The molecule has 0 radical (unpaired) electrons. The molecule has 35 heavy (non-hydrogen) atoms. The number of nitrogens with zero attached hydrogens (tertiary/aromatic N) is 2. The number of aliphatic hydroxyl groups is 2. The Bertz CT molecular complexity index is 1190. The Morgan fingerprint density at radius 3 is 2.49 bits per heavy atom. The summed E-state index contributed by atoms with van der Waals surface area (Å²) in [5.41, 5.74) is 2.24. The Morgan fingerprint density at radius 1 is 1.11 bits per heavy atom. The van der Waals surface area contributed by atoms with Gasteiger partial charge in [-0.1, -0.05) is 34.4 Å². The largest absolute Gasteiger partial charge is 0.396 e. The van der Waals surface area contributed by atoms with Crippen LogP contribution in [0.4, 0.5) is 0 Å². The molecule has 0 saturated heterocycles. The first-order chi connectivity index (χ1) is 17.0. The quantitative estimate of drug-likeness (QED) is 0.362. The van der Waals surface area contributed by atoms with Crippen molar-refractivity contribution in [3.05, 3.63) is 55.6 Å². The highest BCUT2D eigenvalue weighted by Gasteiger charge is 2.56. The molecule has 2 heterocycles. The van der Waals surface area contributed by atoms with Crippen LogP contribution in [0.3, 0.4) is 0 Å². The van der Waals surface area contributed by atoms with E-state index in [0.29, 0.717) is 40.2 Å². The number of hydrogen-bond acceptors (Lipinski definition) is 7. The second kappa shape index (κ2) is 9.43. The van der Waals surface area contributed by atoms with E-state index in [1.165, 1.54) is 11.3 Å². The lowest BCUT2D eigenvalue weighted by Crippen LogP contribution is -2.44. The van der Waals surface area contributed by atoms with Crippen LogP contribution in [0.15, 0.2) is 28.1 Å². The molecule has 3 saturated carbocycles. The summed E-state index contributed by atoms with van der Waals surface area (Å²) >= 11 is 14.5. The minimum atomic E-state index is -0.898. The number of hydrogen-bond donors (Lipinski definition) is 2. The molecule has 2 aromatic heterocycles. The maximum absolute atomic E-state index is 11.7. The molecule has 6 rings (SSSR count). The average molecular weight is 535 g/mol. The van der Waals surface area contributed by atoms with Gasteiger partial charge < -0.3 is 19.5 Å². The van der Waals surface area contributed by atoms with Crippen LogP contribution in [0, 0.1) is 11.8 Å². The molecule has 3 aliphatic carbocycles. The molecule has 2 N–H and O–H groups in total. The van der Waals surface area contributed by atoms with E-state index in [-0.39, 0.29) is 24.5 Å². The predicted molar refractivity (Wildman–Crippen MR) is 135 cm³/mol. The van der Waals surface area contributed by atoms with Crippen molar-refractivity contribution in [2.24, 2.45) is 11.8 Å². The molecule has 3 aromatic rings. The Balaban J connectivity index is 1.21. The van der Waals surface area contributed by atoms with E-state index in [2.05, 4.69) is 10.1 Å². The van der Waals surface area contributed by atoms with Crippen molar-refractivity contribution in [2.45, 2.75) is 69.2 Å². The van der Waals surface area contributed by atoms with Gasteiger partial charge in [-0.2, -0.15) is 0 Å². The lowest BCUT2D eigenvalue weighted by Gasteiger charge is -2.41. The second-order valence-corrected chi connectivity index (χ2v) is 11.7. The molecule has 3 fully saturated rings. The third-order valence-electron chi connectivity index (χ3n) is 7.90. The van der Waals surface area contributed by atoms with Crippen LogP contribution in [0.25, 0.3) is 11.3 Å². The van der Waals surface area contributed by atoms with Gasteiger partial charge in [0.2, 0.25) is 0 Å². The summed E-state index contributed by atoms with van der Waals surface area (Å²) < 4.78 is 12.3. The summed E-state index contributed by atoms with van der Waals surface area (Å²) in [7, 11) is 0. The van der Waals surface area contributed by atoms with E-state index in [4.69, 9.17) is 32.5 Å². The molecule has 6 nitrogen and oxygen atoms in total. The first-order valence-electron chi connectivity index (χ1n) is 12.3. The molecule has 2 atom stereocenters. The first kappa shape index (κ1) is 23.9. The Labute approximate surface area is 218 Å². The summed E-state index contributed by atoms with van der Waals surface area (Å²) in [5.74, 6) is 1.48. The van der Waals surface area contributed by atoms with Crippen LogP contribution in [0.5, 0.6) is 0 Å². The minimum absolute atomic E-state index is 0.0427. The lowest BCUT2D eigenvalue weighted by atomic mass is 9.73. The van der Waals surface area contributed by atoms with Gasteiger partial charge in [-0.3, -0.25) is 0 Å². The van der Waals surface area contributed by atoms with Gasteiger partial charge in [0.05, 0.1) is 28.5 Å². The molecular formula is C26H28Cl2N2O4S. The van der Waals surface area contributed by atoms with Gasteiger partial charge in [-0.25, -0.2) is 4.98 Å². The van der Waals surface area contributed by atoms with Crippen LogP contribution in [0.2, 0.25) is 10.0 Å². The number of rotatable bonds is 8. The van der Waals surface area contributed by atoms with Crippen LogP contribution in [0.1, 0.15) is 66.5 Å². The van der Waals surface area contributed by atoms with Crippen molar-refractivity contribution in [2.75, 3.05) is 6.61 Å². The van der Waals surface area contributed by atoms with E-state index in [1.54, 1.807) is 0 Å². The van der Waals surface area contributed by atoms with Gasteiger partial charge in [0.25, 0.3) is 0 Å². The molecular weight excluding hydrogens is 507 g/mol. The molecule has 0 aliphatic heterocycles. The normalized spacial score (nSPS) is 28.1. The third kappa shape index (κ3) is 4.24. The number of aliphatic hydroxyl groups excluding tert-OH is 1. The zero-order valence-corrected chi connectivity index (χ0v) is 21.6. The van der Waals surface area contributed by atoms with E-state index in [0.717, 1.165) is 60.6 Å². The number of halogens is 2. The van der Waals surface area contributed by atoms with E-state index in [9.17, 15) is 10.2 Å². The number of thiazole rings is 1. The monoisotopic (exact) mass is 534 g/mol. The number of benzene rings is 1. The fourth-order valence-electron chi connectivity index (χ4n) is 5.96. The molecule has 0 amide bonds. The first-order valence-corrected chi connectivity index (χ1v) is 13.9. The summed E-state index contributed by atoms with van der Waals surface area (Å²) in [6, 6.07) is 5.44. The van der Waals surface area contributed by atoms with Crippen LogP contribution < -0.4 is 0 Å². The molecule has 3 aliphatic rings. The molecule has 1 aromatic carbocycles. The topological polar surface area (TPSA) is 88.6 Å². The number of ether oxygens (including phenoxy) is 1. The van der Waals surface area contributed by atoms with Crippen molar-refractivity contribution in [3.63, 3.8) is 0 Å². The smallest absolute Gasteiger partial charge is 0.145 e. The fraction of sp³-hybridized carbons (Fsp3) is 0.538. The predicted octanol–water partition coefficient (Wildman–Crippen LogP) is 6.11. The number of fused-ring (bicyclic) bond motifs is 2. The van der Waals surface area contributed by atoms with Crippen molar-refractivity contribution >= 4 is 34.5 Å². The van der Waals surface area contributed by atoms with E-state index < -0.39 is 5.60 Å². The second-order valence-electron chi connectivity index (χ2n) is 10.1. The van der Waals surface area contributed by atoms with Crippen molar-refractivity contribution in [1.29, 1.82) is 0 Å². The molecule has 186 valence electrons. The SMILES string of the molecule is OCCc1csc(C2(O)C3CCC2CC(OCc2c(-c4c(Cl)cccc4Cl)noc2C2CC2)C3)n1. The minimum Gasteiger partial charge on any atom is -0.396 e. The highest BCUT2D eigenvalue weighted by Crippen LogP contribution is 2.56. The molecule has 9 heteroatoms. The van der Waals surface area contributed by atoms with Gasteiger partial charge in [0, 0.05) is 35.5 Å². The van der Waals surface area contributed by atoms with Crippen LogP contribution in [-0.4, -0.2) is 33.1 Å². The number of aromatic nitrogens is 2. The van der Waals surface area contributed by atoms with E-state index in [1.807, 2.05) is 23.6 Å². The average Bonchev–Trinajstić information content (AvgIpc) is 3.39. The Kier molecular flexibility index (Phi) is 6.44. The molecule has 2 unspecified atom stereocenters. The zero-order chi connectivity index (χ0) is 24.2. The summed E-state index contributed by atoms with van der Waals surface area (Å²) in [5, 5.41) is 29.2. The van der Waals surface area contributed by atoms with Crippen molar-refractivity contribution < 1.29 is 19.5 Å². The highest BCUT2D eigenvalue weighted by molar-refractivity contribution is 7.09. The van der Waals surface area contributed by atoms with Crippen molar-refractivity contribution in [3.8, 4) is 11.3 Å². The Hall–Kier alpha value is -1.48.